The van der Waals surface area contributed by atoms with Crippen LogP contribution in [0.15, 0.2) is 18.2 Å². The number of piperazine rings is 1. The van der Waals surface area contributed by atoms with Gasteiger partial charge >= 0.3 is 0 Å². The molecule has 0 saturated carbocycles. The molecule has 0 unspecified atom stereocenters. The number of piperidine rings is 1. The Hall–Kier alpha value is -1.79. The Kier molecular flexibility index (Phi) is 5.31. The number of ether oxygens (including phenoxy) is 2. The number of amides is 1. The monoisotopic (exact) mass is 359 g/mol. The van der Waals surface area contributed by atoms with Crippen molar-refractivity contribution < 1.29 is 14.3 Å². The van der Waals surface area contributed by atoms with Crippen molar-refractivity contribution in [2.75, 3.05) is 52.6 Å². The highest BCUT2D eigenvalue weighted by Crippen LogP contribution is 2.32. The lowest BCUT2D eigenvalue weighted by Gasteiger charge is -2.37. The molecule has 1 aromatic rings. The maximum Gasteiger partial charge on any atom is 0.236 e. The largest absolute Gasteiger partial charge is 0.454 e. The number of likely N-dealkylation sites (tertiary alicyclic amines) is 1. The molecule has 3 aliphatic heterocycles. The summed E-state index contributed by atoms with van der Waals surface area (Å²) in [7, 11) is 0. The normalized spacial score (nSPS) is 24.0. The molecule has 4 rings (SSSR count). The van der Waals surface area contributed by atoms with E-state index in [9.17, 15) is 4.79 Å². The molecule has 1 amide bonds. The van der Waals surface area contributed by atoms with E-state index in [4.69, 9.17) is 9.47 Å². The van der Waals surface area contributed by atoms with Crippen molar-refractivity contribution >= 4 is 5.91 Å². The first kappa shape index (κ1) is 17.6. The zero-order valence-electron chi connectivity index (χ0n) is 15.7. The quantitative estimate of drug-likeness (QED) is 0.820. The van der Waals surface area contributed by atoms with Gasteiger partial charge in [0.15, 0.2) is 11.5 Å². The van der Waals surface area contributed by atoms with Crippen LogP contribution >= 0.6 is 0 Å². The first-order chi connectivity index (χ1) is 12.7. The first-order valence-electron chi connectivity index (χ1n) is 9.78. The van der Waals surface area contributed by atoms with Crippen LogP contribution in [0.2, 0.25) is 0 Å². The molecule has 142 valence electrons. The Bertz CT molecular complexity index is 643. The van der Waals surface area contributed by atoms with Crippen LogP contribution in [0.25, 0.3) is 0 Å². The van der Waals surface area contributed by atoms with Gasteiger partial charge < -0.3 is 14.4 Å². The second-order valence-corrected chi connectivity index (χ2v) is 7.83. The molecule has 2 saturated heterocycles. The Morgan fingerprint density at radius 2 is 1.85 bits per heavy atom. The molecule has 1 atom stereocenters. The molecular formula is C20H29N3O3. The summed E-state index contributed by atoms with van der Waals surface area (Å²) >= 11 is 0. The predicted molar refractivity (Wildman–Crippen MR) is 99.3 cm³/mol. The molecule has 0 aromatic heterocycles. The van der Waals surface area contributed by atoms with Crippen molar-refractivity contribution in [3.05, 3.63) is 23.8 Å². The molecule has 6 heteroatoms. The van der Waals surface area contributed by atoms with E-state index in [1.54, 1.807) is 0 Å². The summed E-state index contributed by atoms with van der Waals surface area (Å²) in [4.78, 5) is 19.3. The minimum atomic E-state index is 0.306. The fraction of sp³-hybridized carbons (Fsp3) is 0.650. The van der Waals surface area contributed by atoms with Crippen molar-refractivity contribution in [1.29, 1.82) is 0 Å². The maximum atomic E-state index is 12.5. The zero-order valence-corrected chi connectivity index (χ0v) is 15.7. The van der Waals surface area contributed by atoms with Gasteiger partial charge in [-0.2, -0.15) is 0 Å². The highest BCUT2D eigenvalue weighted by atomic mass is 16.7. The van der Waals surface area contributed by atoms with E-state index >= 15 is 0 Å². The van der Waals surface area contributed by atoms with Gasteiger partial charge in [0, 0.05) is 45.8 Å². The summed E-state index contributed by atoms with van der Waals surface area (Å²) in [5.41, 5.74) is 1.25. The van der Waals surface area contributed by atoms with Crippen molar-refractivity contribution in [3.8, 4) is 11.5 Å². The molecule has 0 bridgehead atoms. The Balaban J connectivity index is 1.23. The van der Waals surface area contributed by atoms with Crippen molar-refractivity contribution in [1.82, 2.24) is 14.7 Å². The highest BCUT2D eigenvalue weighted by Gasteiger charge is 2.25. The number of hydrogen-bond donors (Lipinski definition) is 0. The SMILES string of the molecule is C[C@H]1CCCN(C(=O)CN2CCN(Cc3ccc4c(c3)OCO4)CC2)C1. The van der Waals surface area contributed by atoms with Gasteiger partial charge in [0.2, 0.25) is 12.7 Å². The lowest BCUT2D eigenvalue weighted by Crippen LogP contribution is -2.50. The fourth-order valence-electron chi connectivity index (χ4n) is 4.11. The van der Waals surface area contributed by atoms with E-state index < -0.39 is 0 Å². The van der Waals surface area contributed by atoms with Crippen molar-refractivity contribution in [2.24, 2.45) is 5.92 Å². The maximum absolute atomic E-state index is 12.5. The van der Waals surface area contributed by atoms with Crippen LogP contribution in [-0.4, -0.2) is 73.2 Å². The van der Waals surface area contributed by atoms with Crippen LogP contribution in [0, 0.1) is 5.92 Å². The molecule has 3 aliphatic rings. The van der Waals surface area contributed by atoms with E-state index in [1.807, 2.05) is 6.07 Å². The third-order valence-corrected chi connectivity index (χ3v) is 5.68. The number of nitrogens with zero attached hydrogens (tertiary/aromatic N) is 3. The lowest BCUT2D eigenvalue weighted by molar-refractivity contribution is -0.134. The molecular weight excluding hydrogens is 330 g/mol. The second-order valence-electron chi connectivity index (χ2n) is 7.83. The molecule has 6 nitrogen and oxygen atoms in total. The fourth-order valence-corrected chi connectivity index (χ4v) is 4.11. The third-order valence-electron chi connectivity index (χ3n) is 5.68. The Labute approximate surface area is 155 Å². The van der Waals surface area contributed by atoms with Crippen LogP contribution in [0.5, 0.6) is 11.5 Å². The number of rotatable bonds is 4. The average molecular weight is 359 g/mol. The Morgan fingerprint density at radius 3 is 2.65 bits per heavy atom. The van der Waals surface area contributed by atoms with Gasteiger partial charge in [-0.05, 0) is 36.5 Å². The van der Waals surface area contributed by atoms with Crippen LogP contribution in [0.3, 0.4) is 0 Å². The minimum Gasteiger partial charge on any atom is -0.454 e. The van der Waals surface area contributed by atoms with E-state index in [2.05, 4.69) is 33.8 Å². The summed E-state index contributed by atoms with van der Waals surface area (Å²) in [6.07, 6.45) is 2.40. The van der Waals surface area contributed by atoms with Crippen LogP contribution in [0.1, 0.15) is 25.3 Å². The molecule has 0 aliphatic carbocycles. The molecule has 0 N–H and O–H groups in total. The van der Waals surface area contributed by atoms with E-state index in [0.717, 1.165) is 63.7 Å². The van der Waals surface area contributed by atoms with E-state index in [1.165, 1.54) is 12.0 Å². The van der Waals surface area contributed by atoms with Gasteiger partial charge in [0.25, 0.3) is 0 Å². The van der Waals surface area contributed by atoms with Gasteiger partial charge in [-0.15, -0.1) is 0 Å². The number of carbonyl (C=O) groups excluding carboxylic acids is 1. The molecule has 0 radical (unpaired) electrons. The minimum absolute atomic E-state index is 0.306. The van der Waals surface area contributed by atoms with E-state index in [0.29, 0.717) is 25.2 Å². The van der Waals surface area contributed by atoms with Gasteiger partial charge in [-0.25, -0.2) is 0 Å². The lowest BCUT2D eigenvalue weighted by atomic mass is 10.0. The topological polar surface area (TPSA) is 45.3 Å². The molecule has 3 heterocycles. The summed E-state index contributed by atoms with van der Waals surface area (Å²) in [6, 6.07) is 6.18. The summed E-state index contributed by atoms with van der Waals surface area (Å²) < 4.78 is 10.8. The van der Waals surface area contributed by atoms with Gasteiger partial charge in [-0.3, -0.25) is 14.6 Å². The number of hydrogen-bond acceptors (Lipinski definition) is 5. The third kappa shape index (κ3) is 4.13. The molecule has 0 spiro atoms. The van der Waals surface area contributed by atoms with Gasteiger partial charge in [0.1, 0.15) is 0 Å². The standard InChI is InChI=1S/C20H29N3O3/c1-16-3-2-6-23(12-16)20(24)14-22-9-7-21(8-10-22)13-17-4-5-18-19(11-17)26-15-25-18/h4-5,11,16H,2-3,6-10,12-15H2,1H3/t16-/m0/s1. The van der Waals surface area contributed by atoms with Crippen LogP contribution in [0.4, 0.5) is 0 Å². The zero-order chi connectivity index (χ0) is 17.9. The summed E-state index contributed by atoms with van der Waals surface area (Å²) in [5.74, 6) is 2.64. The van der Waals surface area contributed by atoms with Gasteiger partial charge in [-0.1, -0.05) is 13.0 Å². The van der Waals surface area contributed by atoms with E-state index in [-0.39, 0.29) is 0 Å². The van der Waals surface area contributed by atoms with Crippen LogP contribution < -0.4 is 9.47 Å². The molecule has 26 heavy (non-hydrogen) atoms. The first-order valence-corrected chi connectivity index (χ1v) is 9.78. The van der Waals surface area contributed by atoms with Crippen molar-refractivity contribution in [3.63, 3.8) is 0 Å². The summed E-state index contributed by atoms with van der Waals surface area (Å²) in [6.45, 7) is 9.84. The second kappa shape index (κ2) is 7.84. The van der Waals surface area contributed by atoms with Crippen molar-refractivity contribution in [2.45, 2.75) is 26.3 Å². The number of carbonyl (C=O) groups is 1. The predicted octanol–water partition coefficient (Wildman–Crippen LogP) is 1.79. The number of fused-ring (bicyclic) bond motifs is 1. The molecule has 1 aromatic carbocycles. The number of benzene rings is 1. The highest BCUT2D eigenvalue weighted by molar-refractivity contribution is 5.78. The average Bonchev–Trinajstić information content (AvgIpc) is 3.11. The summed E-state index contributed by atoms with van der Waals surface area (Å²) in [5, 5.41) is 0. The Morgan fingerprint density at radius 1 is 1.08 bits per heavy atom. The molecule has 2 fully saturated rings. The van der Waals surface area contributed by atoms with Gasteiger partial charge in [0.05, 0.1) is 6.54 Å². The van der Waals surface area contributed by atoms with Crippen LogP contribution in [-0.2, 0) is 11.3 Å². The smallest absolute Gasteiger partial charge is 0.236 e.